The highest BCUT2D eigenvalue weighted by Gasteiger charge is 2.07. The van der Waals surface area contributed by atoms with Crippen LogP contribution in [0.25, 0.3) is 0 Å². The molecular formula is C17H16N6O2. The molecule has 2 heterocycles. The fourth-order valence-corrected chi connectivity index (χ4v) is 2.11. The lowest BCUT2D eigenvalue weighted by atomic mass is 10.2. The van der Waals surface area contributed by atoms with Crippen molar-refractivity contribution in [1.29, 1.82) is 0 Å². The first-order valence-electron chi connectivity index (χ1n) is 7.52. The summed E-state index contributed by atoms with van der Waals surface area (Å²) in [5, 5.41) is 14.0. The summed E-state index contributed by atoms with van der Waals surface area (Å²) in [5.74, 6) is 0.493. The van der Waals surface area contributed by atoms with Crippen LogP contribution in [0.15, 0.2) is 55.0 Å². The van der Waals surface area contributed by atoms with Crippen molar-refractivity contribution in [2.75, 3.05) is 17.7 Å². The van der Waals surface area contributed by atoms with Crippen LogP contribution in [0, 0.1) is 0 Å². The number of rotatable bonds is 6. The van der Waals surface area contributed by atoms with Gasteiger partial charge < -0.3 is 15.4 Å². The van der Waals surface area contributed by atoms with Gasteiger partial charge in [0, 0.05) is 24.6 Å². The van der Waals surface area contributed by atoms with Gasteiger partial charge in [0.05, 0.1) is 18.9 Å². The standard InChI is InChI=1S/C17H16N6O2/c1-25-16(24)13-5-2-6-14(8-13)21-15-11-20-23-17(22-15)19-10-12-4-3-7-18-9-12/h2-9,11H,10H2,1H3,(H2,19,21,22,23). The minimum atomic E-state index is -0.400. The van der Waals surface area contributed by atoms with Gasteiger partial charge in [-0.2, -0.15) is 10.1 Å². The molecule has 8 nitrogen and oxygen atoms in total. The van der Waals surface area contributed by atoms with Crippen molar-refractivity contribution >= 4 is 23.4 Å². The van der Waals surface area contributed by atoms with Crippen molar-refractivity contribution in [2.45, 2.75) is 6.54 Å². The molecule has 0 radical (unpaired) electrons. The van der Waals surface area contributed by atoms with Crippen LogP contribution in [0.5, 0.6) is 0 Å². The smallest absolute Gasteiger partial charge is 0.337 e. The number of ether oxygens (including phenoxy) is 1. The van der Waals surface area contributed by atoms with Crippen molar-refractivity contribution in [1.82, 2.24) is 20.2 Å². The average Bonchev–Trinajstić information content (AvgIpc) is 2.67. The summed E-state index contributed by atoms with van der Waals surface area (Å²) >= 11 is 0. The molecule has 0 bridgehead atoms. The molecule has 8 heteroatoms. The topological polar surface area (TPSA) is 102 Å². The number of hydrogen-bond acceptors (Lipinski definition) is 8. The molecule has 0 spiro atoms. The van der Waals surface area contributed by atoms with Gasteiger partial charge in [-0.1, -0.05) is 12.1 Å². The molecule has 1 aromatic carbocycles. The van der Waals surface area contributed by atoms with Crippen LogP contribution in [0.2, 0.25) is 0 Å². The summed E-state index contributed by atoms with van der Waals surface area (Å²) in [5.41, 5.74) is 2.15. The molecule has 2 aromatic heterocycles. The highest BCUT2D eigenvalue weighted by atomic mass is 16.5. The van der Waals surface area contributed by atoms with Crippen LogP contribution in [-0.2, 0) is 11.3 Å². The zero-order chi connectivity index (χ0) is 17.5. The van der Waals surface area contributed by atoms with Crippen molar-refractivity contribution in [3.8, 4) is 0 Å². The Kier molecular flexibility index (Phi) is 5.10. The molecular weight excluding hydrogens is 320 g/mol. The number of benzene rings is 1. The Morgan fingerprint density at radius 1 is 1.20 bits per heavy atom. The van der Waals surface area contributed by atoms with Gasteiger partial charge in [-0.3, -0.25) is 4.98 Å². The largest absolute Gasteiger partial charge is 0.465 e. The lowest BCUT2D eigenvalue weighted by molar-refractivity contribution is 0.0601. The Labute approximate surface area is 144 Å². The van der Waals surface area contributed by atoms with Crippen LogP contribution in [0.4, 0.5) is 17.5 Å². The molecule has 0 saturated carbocycles. The summed E-state index contributed by atoms with van der Waals surface area (Å²) in [6.07, 6.45) is 4.98. The number of carbonyl (C=O) groups excluding carboxylic acids is 1. The quantitative estimate of drug-likeness (QED) is 0.662. The first-order chi connectivity index (χ1) is 12.2. The van der Waals surface area contributed by atoms with E-state index in [1.165, 1.54) is 13.3 Å². The van der Waals surface area contributed by atoms with Gasteiger partial charge in [-0.05, 0) is 29.8 Å². The third-order valence-electron chi connectivity index (χ3n) is 3.29. The normalized spacial score (nSPS) is 10.1. The lowest BCUT2D eigenvalue weighted by Gasteiger charge is -2.08. The Morgan fingerprint density at radius 3 is 2.92 bits per heavy atom. The predicted octanol–water partition coefficient (Wildman–Crippen LogP) is 2.41. The number of carbonyl (C=O) groups is 1. The van der Waals surface area contributed by atoms with Gasteiger partial charge in [0.25, 0.3) is 0 Å². The number of aromatic nitrogens is 4. The highest BCUT2D eigenvalue weighted by Crippen LogP contribution is 2.16. The van der Waals surface area contributed by atoms with E-state index in [-0.39, 0.29) is 0 Å². The molecule has 25 heavy (non-hydrogen) atoms. The van der Waals surface area contributed by atoms with Crippen molar-refractivity contribution in [2.24, 2.45) is 0 Å². The minimum Gasteiger partial charge on any atom is -0.465 e. The highest BCUT2D eigenvalue weighted by molar-refractivity contribution is 5.90. The van der Waals surface area contributed by atoms with Crippen LogP contribution >= 0.6 is 0 Å². The van der Waals surface area contributed by atoms with Crippen molar-refractivity contribution in [3.63, 3.8) is 0 Å². The molecule has 3 aromatic rings. The Bertz CT molecular complexity index is 857. The van der Waals surface area contributed by atoms with Crippen LogP contribution in [-0.4, -0.2) is 33.2 Å². The first kappa shape index (κ1) is 16.3. The molecule has 2 N–H and O–H groups in total. The van der Waals surface area contributed by atoms with E-state index < -0.39 is 5.97 Å². The van der Waals surface area contributed by atoms with Crippen LogP contribution in [0.1, 0.15) is 15.9 Å². The lowest BCUT2D eigenvalue weighted by Crippen LogP contribution is -2.07. The van der Waals surface area contributed by atoms with E-state index in [1.54, 1.807) is 30.6 Å². The molecule has 0 aliphatic carbocycles. The number of esters is 1. The van der Waals surface area contributed by atoms with Gasteiger partial charge in [0.1, 0.15) is 0 Å². The third kappa shape index (κ3) is 4.47. The van der Waals surface area contributed by atoms with E-state index in [0.29, 0.717) is 29.6 Å². The van der Waals surface area contributed by atoms with E-state index in [9.17, 15) is 4.79 Å². The molecule has 0 aliphatic heterocycles. The van der Waals surface area contributed by atoms with E-state index in [2.05, 4.69) is 30.8 Å². The summed E-state index contributed by atoms with van der Waals surface area (Å²) in [4.78, 5) is 20.0. The number of hydrogen-bond donors (Lipinski definition) is 2. The Hall–Kier alpha value is -3.55. The van der Waals surface area contributed by atoms with Gasteiger partial charge in [-0.15, -0.1) is 5.10 Å². The van der Waals surface area contributed by atoms with Gasteiger partial charge in [-0.25, -0.2) is 4.79 Å². The number of pyridine rings is 1. The van der Waals surface area contributed by atoms with E-state index >= 15 is 0 Å². The Morgan fingerprint density at radius 2 is 2.12 bits per heavy atom. The van der Waals surface area contributed by atoms with Crippen LogP contribution < -0.4 is 10.6 Å². The maximum absolute atomic E-state index is 11.6. The second kappa shape index (κ2) is 7.82. The van der Waals surface area contributed by atoms with Gasteiger partial charge >= 0.3 is 5.97 Å². The van der Waals surface area contributed by atoms with Crippen molar-refractivity contribution < 1.29 is 9.53 Å². The second-order valence-corrected chi connectivity index (χ2v) is 5.08. The van der Waals surface area contributed by atoms with E-state index in [1.807, 2.05) is 18.2 Å². The molecule has 0 saturated heterocycles. The Balaban J connectivity index is 1.68. The molecule has 0 aliphatic rings. The van der Waals surface area contributed by atoms with Crippen molar-refractivity contribution in [3.05, 3.63) is 66.1 Å². The fourth-order valence-electron chi connectivity index (χ4n) is 2.11. The van der Waals surface area contributed by atoms with Crippen LogP contribution in [0.3, 0.4) is 0 Å². The molecule has 0 amide bonds. The predicted molar refractivity (Wildman–Crippen MR) is 92.5 cm³/mol. The number of methoxy groups -OCH3 is 1. The zero-order valence-electron chi connectivity index (χ0n) is 13.5. The minimum absolute atomic E-state index is 0.387. The first-order valence-corrected chi connectivity index (χ1v) is 7.52. The molecule has 0 unspecified atom stereocenters. The summed E-state index contributed by atoms with van der Waals surface area (Å²) in [6.45, 7) is 0.538. The fraction of sp³-hybridized carbons (Fsp3) is 0.118. The summed E-state index contributed by atoms with van der Waals surface area (Å²) < 4.78 is 4.71. The third-order valence-corrected chi connectivity index (χ3v) is 3.29. The summed E-state index contributed by atoms with van der Waals surface area (Å²) in [6, 6.07) is 10.7. The monoisotopic (exact) mass is 336 g/mol. The molecule has 126 valence electrons. The SMILES string of the molecule is COC(=O)c1cccc(Nc2cnnc(NCc3cccnc3)n2)c1. The number of nitrogens with one attached hydrogen (secondary N) is 2. The molecule has 0 atom stereocenters. The number of nitrogens with zero attached hydrogens (tertiary/aromatic N) is 4. The second-order valence-electron chi connectivity index (χ2n) is 5.08. The number of anilines is 3. The van der Waals surface area contributed by atoms with Gasteiger partial charge in [0.2, 0.25) is 5.95 Å². The van der Waals surface area contributed by atoms with Gasteiger partial charge in [0.15, 0.2) is 5.82 Å². The van der Waals surface area contributed by atoms with E-state index in [4.69, 9.17) is 4.74 Å². The zero-order valence-corrected chi connectivity index (χ0v) is 13.5. The maximum Gasteiger partial charge on any atom is 0.337 e. The maximum atomic E-state index is 11.6. The summed E-state index contributed by atoms with van der Waals surface area (Å²) in [7, 11) is 1.34. The molecule has 0 fully saturated rings. The molecule has 3 rings (SSSR count). The van der Waals surface area contributed by atoms with E-state index in [0.717, 1.165) is 5.56 Å². The average molecular weight is 336 g/mol.